The van der Waals surface area contributed by atoms with Gasteiger partial charge in [-0.25, -0.2) is 9.07 Å². The number of carbonyl (C=O) groups is 1. The molecule has 122 valence electrons. The van der Waals surface area contributed by atoms with Crippen LogP contribution in [0, 0.1) is 17.1 Å². The molecule has 0 atom stereocenters. The van der Waals surface area contributed by atoms with Crippen LogP contribution in [0.3, 0.4) is 0 Å². The SMILES string of the molecule is N#CCC(=O)c1nn(-c2ccc(F)cc2)c2c1CSc1ccccc1-2. The molecule has 2 heterocycles. The average Bonchev–Trinajstić information content (AvgIpc) is 3.03. The zero-order chi connectivity index (χ0) is 17.4. The number of Topliss-reactive ketones (excluding diaryl/α,β-unsaturated/α-hetero) is 1. The molecule has 0 aliphatic carbocycles. The Morgan fingerprint density at radius 3 is 2.76 bits per heavy atom. The maximum Gasteiger partial charge on any atom is 0.197 e. The predicted molar refractivity (Wildman–Crippen MR) is 93.1 cm³/mol. The number of halogens is 1. The van der Waals surface area contributed by atoms with Crippen LogP contribution in [0.25, 0.3) is 16.9 Å². The minimum atomic E-state index is -0.332. The third kappa shape index (κ3) is 2.63. The second-order valence-electron chi connectivity index (χ2n) is 5.61. The van der Waals surface area contributed by atoms with Crippen molar-refractivity contribution in [2.75, 3.05) is 0 Å². The molecule has 0 bridgehead atoms. The molecule has 1 aliphatic rings. The van der Waals surface area contributed by atoms with Crippen LogP contribution in [0.2, 0.25) is 0 Å². The number of thioether (sulfide) groups is 1. The minimum absolute atomic E-state index is 0.209. The van der Waals surface area contributed by atoms with E-state index in [1.165, 1.54) is 12.1 Å². The molecule has 0 fully saturated rings. The number of fused-ring (bicyclic) bond motifs is 3. The molecular formula is C19H12FN3OS. The van der Waals surface area contributed by atoms with E-state index in [1.807, 2.05) is 30.3 Å². The van der Waals surface area contributed by atoms with Crippen LogP contribution in [0.1, 0.15) is 22.5 Å². The lowest BCUT2D eigenvalue weighted by Gasteiger charge is -2.18. The molecule has 6 heteroatoms. The van der Waals surface area contributed by atoms with Crippen molar-refractivity contribution in [2.45, 2.75) is 17.1 Å². The van der Waals surface area contributed by atoms with Crippen molar-refractivity contribution in [3.05, 3.63) is 65.6 Å². The Morgan fingerprint density at radius 2 is 2.00 bits per heavy atom. The minimum Gasteiger partial charge on any atom is -0.291 e. The second-order valence-corrected chi connectivity index (χ2v) is 6.62. The Labute approximate surface area is 147 Å². The lowest BCUT2D eigenvalue weighted by molar-refractivity contribution is 0.0992. The van der Waals surface area contributed by atoms with E-state index in [2.05, 4.69) is 5.10 Å². The highest BCUT2D eigenvalue weighted by Crippen LogP contribution is 2.43. The molecule has 0 N–H and O–H groups in total. The maximum absolute atomic E-state index is 13.3. The number of nitriles is 1. The average molecular weight is 349 g/mol. The molecule has 1 aliphatic heterocycles. The van der Waals surface area contributed by atoms with Crippen LogP contribution < -0.4 is 0 Å². The summed E-state index contributed by atoms with van der Waals surface area (Å²) in [5.74, 6) is -0.0128. The van der Waals surface area contributed by atoms with Crippen LogP contribution in [0.15, 0.2) is 53.4 Å². The molecule has 3 aromatic rings. The number of ketones is 1. The fourth-order valence-electron chi connectivity index (χ4n) is 2.95. The third-order valence-electron chi connectivity index (χ3n) is 4.07. The monoisotopic (exact) mass is 349 g/mol. The number of hydrogen-bond donors (Lipinski definition) is 0. The van der Waals surface area contributed by atoms with Crippen molar-refractivity contribution >= 4 is 17.5 Å². The van der Waals surface area contributed by atoms with Crippen molar-refractivity contribution in [3.8, 4) is 23.0 Å². The zero-order valence-electron chi connectivity index (χ0n) is 13.1. The van der Waals surface area contributed by atoms with E-state index in [4.69, 9.17) is 5.26 Å². The fraction of sp³-hybridized carbons (Fsp3) is 0.105. The van der Waals surface area contributed by atoms with Gasteiger partial charge in [0.25, 0.3) is 0 Å². The molecule has 4 nitrogen and oxygen atoms in total. The summed E-state index contributed by atoms with van der Waals surface area (Å²) in [5.41, 5.74) is 3.65. The van der Waals surface area contributed by atoms with Gasteiger partial charge in [-0.15, -0.1) is 11.8 Å². The second kappa shape index (κ2) is 6.19. The van der Waals surface area contributed by atoms with E-state index in [-0.39, 0.29) is 18.0 Å². The molecule has 0 unspecified atom stereocenters. The van der Waals surface area contributed by atoms with Crippen molar-refractivity contribution in [3.63, 3.8) is 0 Å². The molecule has 2 aromatic carbocycles. The van der Waals surface area contributed by atoms with Gasteiger partial charge in [-0.2, -0.15) is 10.4 Å². The van der Waals surface area contributed by atoms with Gasteiger partial charge in [0.1, 0.15) is 17.9 Å². The molecule has 0 amide bonds. The van der Waals surface area contributed by atoms with Crippen molar-refractivity contribution in [2.24, 2.45) is 0 Å². The molecular weight excluding hydrogens is 337 g/mol. The first-order valence-electron chi connectivity index (χ1n) is 7.69. The van der Waals surface area contributed by atoms with Gasteiger partial charge in [0, 0.05) is 21.8 Å². The lowest BCUT2D eigenvalue weighted by atomic mass is 10.0. The highest BCUT2D eigenvalue weighted by atomic mass is 32.2. The summed E-state index contributed by atoms with van der Waals surface area (Å²) in [7, 11) is 0. The topological polar surface area (TPSA) is 58.7 Å². The van der Waals surface area contributed by atoms with Gasteiger partial charge in [0.05, 0.1) is 17.5 Å². The van der Waals surface area contributed by atoms with Gasteiger partial charge >= 0.3 is 0 Å². The van der Waals surface area contributed by atoms with Crippen molar-refractivity contribution < 1.29 is 9.18 Å². The van der Waals surface area contributed by atoms with Gasteiger partial charge in [-0.1, -0.05) is 18.2 Å². The number of nitrogens with zero attached hydrogens (tertiary/aromatic N) is 3. The summed E-state index contributed by atoms with van der Waals surface area (Å²) in [6.07, 6.45) is -0.209. The van der Waals surface area contributed by atoms with E-state index < -0.39 is 0 Å². The Balaban J connectivity index is 1.97. The van der Waals surface area contributed by atoms with Crippen LogP contribution in [-0.2, 0) is 5.75 Å². The Hall–Kier alpha value is -2.91. The maximum atomic E-state index is 13.3. The van der Waals surface area contributed by atoms with Crippen LogP contribution >= 0.6 is 11.8 Å². The van der Waals surface area contributed by atoms with Crippen molar-refractivity contribution in [1.29, 1.82) is 5.26 Å². The summed E-state index contributed by atoms with van der Waals surface area (Å²) < 4.78 is 15.0. The van der Waals surface area contributed by atoms with E-state index >= 15 is 0 Å². The first-order chi connectivity index (χ1) is 12.2. The van der Waals surface area contributed by atoms with Crippen LogP contribution in [0.5, 0.6) is 0 Å². The van der Waals surface area contributed by atoms with Gasteiger partial charge in [-0.3, -0.25) is 4.79 Å². The Bertz CT molecular complexity index is 1020. The number of hydrogen-bond acceptors (Lipinski definition) is 4. The molecule has 25 heavy (non-hydrogen) atoms. The summed E-state index contributed by atoms with van der Waals surface area (Å²) in [4.78, 5) is 13.5. The molecule has 0 spiro atoms. The van der Waals surface area contributed by atoms with Crippen LogP contribution in [0.4, 0.5) is 4.39 Å². The van der Waals surface area contributed by atoms with E-state index in [0.29, 0.717) is 17.1 Å². The fourth-order valence-corrected chi connectivity index (χ4v) is 4.02. The van der Waals surface area contributed by atoms with E-state index in [0.717, 1.165) is 21.7 Å². The van der Waals surface area contributed by atoms with Gasteiger partial charge < -0.3 is 0 Å². The molecule has 0 radical (unpaired) electrons. The van der Waals surface area contributed by atoms with Gasteiger partial charge in [-0.05, 0) is 30.3 Å². The number of benzene rings is 2. The Morgan fingerprint density at radius 1 is 1.24 bits per heavy atom. The lowest BCUT2D eigenvalue weighted by Crippen LogP contribution is -2.03. The number of rotatable bonds is 3. The first-order valence-corrected chi connectivity index (χ1v) is 8.68. The largest absolute Gasteiger partial charge is 0.291 e. The quantitative estimate of drug-likeness (QED) is 0.659. The standard InChI is InChI=1S/C19H12FN3OS/c20-12-5-7-13(8-6-12)23-19-14-3-1-2-4-17(14)25-11-15(19)18(22-23)16(24)9-10-21/h1-8H,9,11H2. The smallest absolute Gasteiger partial charge is 0.197 e. The van der Waals surface area contributed by atoms with Crippen LogP contribution in [-0.4, -0.2) is 15.6 Å². The summed E-state index contributed by atoms with van der Waals surface area (Å²) in [6.45, 7) is 0. The molecule has 4 rings (SSSR count). The third-order valence-corrected chi connectivity index (χ3v) is 5.17. The van der Waals surface area contributed by atoms with E-state index in [9.17, 15) is 9.18 Å². The predicted octanol–water partition coefficient (Wildman–Crippen LogP) is 4.38. The van der Waals surface area contributed by atoms with E-state index in [1.54, 1.807) is 28.6 Å². The highest BCUT2D eigenvalue weighted by Gasteiger charge is 2.28. The highest BCUT2D eigenvalue weighted by molar-refractivity contribution is 7.98. The summed E-state index contributed by atoms with van der Waals surface area (Å²) >= 11 is 1.64. The van der Waals surface area contributed by atoms with Gasteiger partial charge in [0.15, 0.2) is 5.78 Å². The molecule has 0 saturated carbocycles. The molecule has 1 aromatic heterocycles. The van der Waals surface area contributed by atoms with Gasteiger partial charge in [0.2, 0.25) is 0 Å². The Kier molecular flexibility index (Phi) is 3.86. The summed E-state index contributed by atoms with van der Waals surface area (Å²) in [6, 6.07) is 15.8. The first kappa shape index (κ1) is 15.6. The zero-order valence-corrected chi connectivity index (χ0v) is 13.9. The van der Waals surface area contributed by atoms with Crippen molar-refractivity contribution in [1.82, 2.24) is 9.78 Å². The molecule has 0 saturated heterocycles. The summed E-state index contributed by atoms with van der Waals surface area (Å²) in [5, 5.41) is 13.4. The number of carbonyl (C=O) groups excluding carboxylic acids is 1. The normalized spacial score (nSPS) is 12.2. The number of aromatic nitrogens is 2.